The van der Waals surface area contributed by atoms with Crippen molar-refractivity contribution in [3.63, 3.8) is 0 Å². The van der Waals surface area contributed by atoms with Crippen LogP contribution in [0.3, 0.4) is 0 Å². The molecule has 3 N–H and O–H groups in total. The molecule has 0 aliphatic heterocycles. The summed E-state index contributed by atoms with van der Waals surface area (Å²) in [5.41, 5.74) is 2.68. The number of rotatable bonds is 9. The molecule has 0 spiro atoms. The van der Waals surface area contributed by atoms with E-state index in [0.29, 0.717) is 25.3 Å². The minimum absolute atomic E-state index is 0.00146. The van der Waals surface area contributed by atoms with Crippen LogP contribution in [0.2, 0.25) is 0 Å². The Bertz CT molecular complexity index is 1340. The van der Waals surface area contributed by atoms with Gasteiger partial charge in [0.2, 0.25) is 10.0 Å². The summed E-state index contributed by atoms with van der Waals surface area (Å²) in [6.07, 6.45) is 9.30. The van der Waals surface area contributed by atoms with Gasteiger partial charge < -0.3 is 10.3 Å². The van der Waals surface area contributed by atoms with E-state index in [-0.39, 0.29) is 22.8 Å². The second kappa shape index (κ2) is 11.6. The first kappa shape index (κ1) is 26.9. The predicted octanol–water partition coefficient (Wildman–Crippen LogP) is 4.84. The Kier molecular flexibility index (Phi) is 8.20. The zero-order valence-electron chi connectivity index (χ0n) is 21.1. The van der Waals surface area contributed by atoms with Crippen molar-refractivity contribution < 1.29 is 21.6 Å². The van der Waals surface area contributed by atoms with Gasteiger partial charge in [0.1, 0.15) is 10.7 Å². The summed E-state index contributed by atoms with van der Waals surface area (Å²) in [6.45, 7) is 1.11. The molecule has 10 heteroatoms. The fourth-order valence-electron chi connectivity index (χ4n) is 5.95. The Morgan fingerprint density at radius 1 is 0.921 bits per heavy atom. The number of nitrogens with zero attached hydrogens (tertiary/aromatic N) is 1. The summed E-state index contributed by atoms with van der Waals surface area (Å²) in [5.74, 6) is -1.71. The fourth-order valence-corrected chi connectivity index (χ4v) is 7.14. The van der Waals surface area contributed by atoms with E-state index in [2.05, 4.69) is 20.0 Å². The molecule has 2 aliphatic carbocycles. The highest BCUT2D eigenvalue weighted by molar-refractivity contribution is 7.89. The van der Waals surface area contributed by atoms with Gasteiger partial charge in [-0.25, -0.2) is 31.3 Å². The van der Waals surface area contributed by atoms with Gasteiger partial charge >= 0.3 is 0 Å². The largest absolute Gasteiger partial charge is 0.348 e. The van der Waals surface area contributed by atoms with Crippen molar-refractivity contribution in [2.75, 3.05) is 13.1 Å². The van der Waals surface area contributed by atoms with E-state index in [1.54, 1.807) is 12.5 Å². The number of hydrogen-bond donors (Lipinski definition) is 3. The number of aryl methyl sites for hydroxylation is 1. The number of aromatic amines is 1. The number of sulfonamides is 1. The predicted molar refractivity (Wildman–Crippen MR) is 139 cm³/mol. The molecule has 2 aromatic carbocycles. The van der Waals surface area contributed by atoms with Crippen molar-refractivity contribution in [2.45, 2.75) is 61.8 Å². The third kappa shape index (κ3) is 6.13. The van der Waals surface area contributed by atoms with E-state index in [0.717, 1.165) is 61.5 Å². The molecular formula is C28H33F3N4O2S. The number of nitrogens with one attached hydrogen (secondary N) is 3. The lowest BCUT2D eigenvalue weighted by Gasteiger charge is -2.36. The second-order valence-corrected chi connectivity index (χ2v) is 12.3. The van der Waals surface area contributed by atoms with Crippen molar-refractivity contribution in [2.24, 2.45) is 11.8 Å². The smallest absolute Gasteiger partial charge is 0.243 e. The van der Waals surface area contributed by atoms with E-state index >= 15 is 0 Å². The SMILES string of the molecule is O=S(=O)(NCC1CCC(CNC2CCc3cc(F)c(F)cc3C2Cc2cnc[nH]2)CC1)c1ccccc1F. The van der Waals surface area contributed by atoms with Crippen LogP contribution in [-0.4, -0.2) is 37.5 Å². The van der Waals surface area contributed by atoms with Crippen molar-refractivity contribution in [1.29, 1.82) is 0 Å². The number of H-pyrrole nitrogens is 1. The zero-order chi connectivity index (χ0) is 26.7. The van der Waals surface area contributed by atoms with E-state index in [1.807, 2.05) is 0 Å². The van der Waals surface area contributed by atoms with Crippen LogP contribution in [0, 0.1) is 29.3 Å². The maximum Gasteiger partial charge on any atom is 0.243 e. The molecule has 0 saturated heterocycles. The summed E-state index contributed by atoms with van der Waals surface area (Å²) in [4.78, 5) is 6.92. The Morgan fingerprint density at radius 3 is 2.34 bits per heavy atom. The van der Waals surface area contributed by atoms with E-state index < -0.39 is 27.5 Å². The summed E-state index contributed by atoms with van der Waals surface area (Å²) in [5, 5.41) is 3.72. The van der Waals surface area contributed by atoms with Gasteiger partial charge in [-0.15, -0.1) is 0 Å². The van der Waals surface area contributed by atoms with Crippen LogP contribution >= 0.6 is 0 Å². The lowest BCUT2D eigenvalue weighted by atomic mass is 9.76. The third-order valence-corrected chi connectivity index (χ3v) is 9.57. The molecule has 1 heterocycles. The molecule has 3 aromatic rings. The number of halogens is 3. The maximum atomic E-state index is 14.2. The lowest BCUT2D eigenvalue weighted by Crippen LogP contribution is -2.42. The first-order chi connectivity index (χ1) is 18.3. The molecular weight excluding hydrogens is 513 g/mol. The topological polar surface area (TPSA) is 86.9 Å². The van der Waals surface area contributed by atoms with Gasteiger partial charge in [-0.3, -0.25) is 0 Å². The van der Waals surface area contributed by atoms with Crippen LogP contribution in [-0.2, 0) is 22.9 Å². The van der Waals surface area contributed by atoms with E-state index in [9.17, 15) is 21.6 Å². The molecule has 0 amide bonds. The first-order valence-corrected chi connectivity index (χ1v) is 14.7. The average molecular weight is 547 g/mol. The molecule has 1 fully saturated rings. The van der Waals surface area contributed by atoms with Gasteiger partial charge in [-0.05, 0) is 98.7 Å². The Hall–Kier alpha value is -2.69. The van der Waals surface area contributed by atoms with Gasteiger partial charge in [0.15, 0.2) is 11.6 Å². The summed E-state index contributed by atoms with van der Waals surface area (Å²) < 4.78 is 69.6. The van der Waals surface area contributed by atoms with E-state index in [1.165, 1.54) is 30.3 Å². The zero-order valence-corrected chi connectivity index (χ0v) is 21.9. The number of aromatic nitrogens is 2. The van der Waals surface area contributed by atoms with E-state index in [4.69, 9.17) is 0 Å². The molecule has 2 unspecified atom stereocenters. The van der Waals surface area contributed by atoms with Crippen LogP contribution in [0.5, 0.6) is 0 Å². The fraction of sp³-hybridized carbons (Fsp3) is 0.464. The van der Waals surface area contributed by atoms with Crippen LogP contribution < -0.4 is 10.0 Å². The number of fused-ring (bicyclic) bond motifs is 1. The van der Waals surface area contributed by atoms with Crippen molar-refractivity contribution in [3.8, 4) is 0 Å². The lowest BCUT2D eigenvalue weighted by molar-refractivity contribution is 0.252. The molecule has 6 nitrogen and oxygen atoms in total. The minimum Gasteiger partial charge on any atom is -0.348 e. The number of benzene rings is 2. The standard InChI is InChI=1S/C28H33F3N4O2S/c29-24-3-1-2-4-28(24)38(36,37)35-15-19-7-5-18(6-8-19)14-33-27-10-9-20-11-25(30)26(31)13-22(20)23(27)12-21-16-32-17-34-21/h1-4,11,13,16-19,23,27,33,35H,5-10,12,14-15H2,(H,32,34). The highest BCUT2D eigenvalue weighted by Gasteiger charge is 2.32. The number of imidazole rings is 1. The highest BCUT2D eigenvalue weighted by Crippen LogP contribution is 2.36. The normalized spacial score (nSPS) is 23.8. The van der Waals surface area contributed by atoms with Crippen LogP contribution in [0.25, 0.3) is 0 Å². The van der Waals surface area contributed by atoms with Crippen molar-refractivity contribution in [3.05, 3.63) is 83.2 Å². The molecule has 38 heavy (non-hydrogen) atoms. The highest BCUT2D eigenvalue weighted by atomic mass is 32.2. The Balaban J connectivity index is 1.15. The second-order valence-electron chi connectivity index (χ2n) is 10.6. The first-order valence-electron chi connectivity index (χ1n) is 13.2. The van der Waals surface area contributed by atoms with Crippen molar-refractivity contribution in [1.82, 2.24) is 20.0 Å². The third-order valence-electron chi connectivity index (χ3n) is 8.11. The maximum absolute atomic E-state index is 14.2. The Morgan fingerprint density at radius 2 is 1.63 bits per heavy atom. The molecule has 2 atom stereocenters. The minimum atomic E-state index is -3.88. The Labute approximate surface area is 221 Å². The van der Waals surface area contributed by atoms with Crippen LogP contribution in [0.15, 0.2) is 53.8 Å². The molecule has 1 aromatic heterocycles. The number of hydrogen-bond acceptors (Lipinski definition) is 4. The van der Waals surface area contributed by atoms with Gasteiger partial charge in [0.25, 0.3) is 0 Å². The molecule has 2 aliphatic rings. The summed E-state index contributed by atoms with van der Waals surface area (Å²) >= 11 is 0. The van der Waals surface area contributed by atoms with Gasteiger partial charge in [-0.1, -0.05) is 12.1 Å². The quantitative estimate of drug-likeness (QED) is 0.359. The molecule has 204 valence electrons. The van der Waals surface area contributed by atoms with Gasteiger partial charge in [0.05, 0.1) is 6.33 Å². The molecule has 0 radical (unpaired) electrons. The molecule has 5 rings (SSSR count). The summed E-state index contributed by atoms with van der Waals surface area (Å²) in [6, 6.07) is 8.21. The van der Waals surface area contributed by atoms with Crippen molar-refractivity contribution >= 4 is 10.0 Å². The van der Waals surface area contributed by atoms with Gasteiger partial charge in [0, 0.05) is 30.4 Å². The molecule has 0 bridgehead atoms. The average Bonchev–Trinajstić information content (AvgIpc) is 3.42. The van der Waals surface area contributed by atoms with Crippen LogP contribution in [0.4, 0.5) is 13.2 Å². The van der Waals surface area contributed by atoms with Crippen LogP contribution in [0.1, 0.15) is 54.8 Å². The van der Waals surface area contributed by atoms with Gasteiger partial charge in [-0.2, -0.15) is 0 Å². The summed E-state index contributed by atoms with van der Waals surface area (Å²) in [7, 11) is -3.88. The monoisotopic (exact) mass is 546 g/mol. The molecule has 1 saturated carbocycles.